The van der Waals surface area contributed by atoms with Gasteiger partial charge in [0.15, 0.2) is 0 Å². The van der Waals surface area contributed by atoms with Crippen molar-refractivity contribution in [3.8, 4) is 0 Å². The van der Waals surface area contributed by atoms with E-state index in [0.717, 1.165) is 25.9 Å². The Bertz CT molecular complexity index is 325. The summed E-state index contributed by atoms with van der Waals surface area (Å²) in [5.41, 5.74) is 6.23. The van der Waals surface area contributed by atoms with Crippen molar-refractivity contribution in [2.75, 3.05) is 19.6 Å². The van der Waals surface area contributed by atoms with Gasteiger partial charge in [-0.2, -0.15) is 0 Å². The molecule has 1 atom stereocenters. The van der Waals surface area contributed by atoms with Crippen LogP contribution in [-0.2, 0) is 6.54 Å². The molecule has 0 aliphatic carbocycles. The number of nitrogens with two attached hydrogens (primary N) is 1. The number of rotatable bonds is 8. The molecule has 0 heterocycles. The van der Waals surface area contributed by atoms with Gasteiger partial charge in [-0.1, -0.05) is 37.3 Å². The first kappa shape index (κ1) is 15.2. The zero-order valence-electron chi connectivity index (χ0n) is 11.6. The lowest BCUT2D eigenvalue weighted by molar-refractivity contribution is 0.0138. The number of hydrogen-bond donors (Lipinski definition) is 2. The number of benzene rings is 1. The molecular formula is C15H26N2O. The summed E-state index contributed by atoms with van der Waals surface area (Å²) in [6.07, 6.45) is 1.73. The predicted molar refractivity (Wildman–Crippen MR) is 76.3 cm³/mol. The van der Waals surface area contributed by atoms with Gasteiger partial charge in [0.1, 0.15) is 0 Å². The summed E-state index contributed by atoms with van der Waals surface area (Å²) in [7, 11) is 0. The van der Waals surface area contributed by atoms with Gasteiger partial charge in [0.05, 0.1) is 5.60 Å². The molecule has 3 heteroatoms. The van der Waals surface area contributed by atoms with E-state index in [1.807, 2.05) is 19.9 Å². The van der Waals surface area contributed by atoms with Gasteiger partial charge >= 0.3 is 0 Å². The molecule has 0 spiro atoms. The standard InChI is InChI=1S/C15H26N2O/c1-3-15(2,18)13-17(11-7-10-16)12-14-8-5-4-6-9-14/h4-6,8-9,18H,3,7,10-13,16H2,1-2H3. The molecule has 102 valence electrons. The Kier molecular flexibility index (Phi) is 6.33. The van der Waals surface area contributed by atoms with E-state index >= 15 is 0 Å². The SMILES string of the molecule is CCC(C)(O)CN(CCCN)Cc1ccccc1. The molecule has 0 saturated heterocycles. The molecule has 1 rings (SSSR count). The second-order valence-corrected chi connectivity index (χ2v) is 5.19. The van der Waals surface area contributed by atoms with Gasteiger partial charge in [-0.05, 0) is 38.4 Å². The third-order valence-electron chi connectivity index (χ3n) is 3.25. The lowest BCUT2D eigenvalue weighted by atomic mass is 10.0. The molecule has 1 aromatic rings. The number of hydrogen-bond acceptors (Lipinski definition) is 3. The fourth-order valence-corrected chi connectivity index (χ4v) is 1.96. The highest BCUT2D eigenvalue weighted by molar-refractivity contribution is 5.14. The van der Waals surface area contributed by atoms with Crippen LogP contribution in [0.1, 0.15) is 32.3 Å². The first-order valence-electron chi connectivity index (χ1n) is 6.76. The van der Waals surface area contributed by atoms with Crippen LogP contribution in [0.4, 0.5) is 0 Å². The van der Waals surface area contributed by atoms with Crippen LogP contribution in [0.3, 0.4) is 0 Å². The topological polar surface area (TPSA) is 49.5 Å². The summed E-state index contributed by atoms with van der Waals surface area (Å²) in [6, 6.07) is 10.4. The van der Waals surface area contributed by atoms with Crippen LogP contribution in [0, 0.1) is 0 Å². The van der Waals surface area contributed by atoms with E-state index in [1.54, 1.807) is 0 Å². The monoisotopic (exact) mass is 250 g/mol. The maximum absolute atomic E-state index is 10.2. The van der Waals surface area contributed by atoms with E-state index in [4.69, 9.17) is 5.73 Å². The molecule has 0 amide bonds. The van der Waals surface area contributed by atoms with E-state index in [0.29, 0.717) is 13.1 Å². The largest absolute Gasteiger partial charge is 0.389 e. The summed E-state index contributed by atoms with van der Waals surface area (Å²) < 4.78 is 0. The molecule has 18 heavy (non-hydrogen) atoms. The molecule has 0 saturated carbocycles. The third kappa shape index (κ3) is 5.63. The highest BCUT2D eigenvalue weighted by Gasteiger charge is 2.21. The minimum absolute atomic E-state index is 0.622. The van der Waals surface area contributed by atoms with Crippen molar-refractivity contribution in [2.24, 2.45) is 5.73 Å². The first-order chi connectivity index (χ1) is 8.57. The van der Waals surface area contributed by atoms with Crippen molar-refractivity contribution in [3.63, 3.8) is 0 Å². The Labute approximate surface area is 111 Å². The number of aliphatic hydroxyl groups is 1. The minimum Gasteiger partial charge on any atom is -0.389 e. The second-order valence-electron chi connectivity index (χ2n) is 5.19. The molecule has 0 bridgehead atoms. The van der Waals surface area contributed by atoms with Crippen molar-refractivity contribution < 1.29 is 5.11 Å². The van der Waals surface area contributed by atoms with Gasteiger partial charge in [0.25, 0.3) is 0 Å². The second kappa shape index (κ2) is 7.52. The predicted octanol–water partition coefficient (Wildman–Crippen LogP) is 2.00. The Morgan fingerprint density at radius 3 is 2.50 bits per heavy atom. The fraction of sp³-hybridized carbons (Fsp3) is 0.600. The van der Waals surface area contributed by atoms with Gasteiger partial charge < -0.3 is 10.8 Å². The molecule has 1 aromatic carbocycles. The summed E-state index contributed by atoms with van der Waals surface area (Å²) in [5.74, 6) is 0. The average molecular weight is 250 g/mol. The van der Waals surface area contributed by atoms with Gasteiger partial charge in [0.2, 0.25) is 0 Å². The van der Waals surface area contributed by atoms with Crippen LogP contribution in [-0.4, -0.2) is 35.2 Å². The molecular weight excluding hydrogens is 224 g/mol. The third-order valence-corrected chi connectivity index (χ3v) is 3.25. The van der Waals surface area contributed by atoms with Gasteiger partial charge in [-0.15, -0.1) is 0 Å². The smallest absolute Gasteiger partial charge is 0.0743 e. The highest BCUT2D eigenvalue weighted by Crippen LogP contribution is 2.14. The summed E-state index contributed by atoms with van der Waals surface area (Å²) >= 11 is 0. The fourth-order valence-electron chi connectivity index (χ4n) is 1.96. The van der Waals surface area contributed by atoms with Crippen LogP contribution in [0.15, 0.2) is 30.3 Å². The lowest BCUT2D eigenvalue weighted by Gasteiger charge is -2.31. The van der Waals surface area contributed by atoms with E-state index in [-0.39, 0.29) is 0 Å². The van der Waals surface area contributed by atoms with Gasteiger partial charge in [-0.25, -0.2) is 0 Å². The Morgan fingerprint density at radius 2 is 1.94 bits per heavy atom. The lowest BCUT2D eigenvalue weighted by Crippen LogP contribution is -2.40. The van der Waals surface area contributed by atoms with Crippen molar-refractivity contribution in [1.82, 2.24) is 4.90 Å². The van der Waals surface area contributed by atoms with E-state index in [2.05, 4.69) is 29.2 Å². The van der Waals surface area contributed by atoms with Crippen molar-refractivity contribution in [2.45, 2.75) is 38.8 Å². The van der Waals surface area contributed by atoms with Crippen LogP contribution in [0.2, 0.25) is 0 Å². The van der Waals surface area contributed by atoms with Crippen LogP contribution >= 0.6 is 0 Å². The van der Waals surface area contributed by atoms with Crippen LogP contribution in [0.25, 0.3) is 0 Å². The summed E-state index contributed by atoms with van der Waals surface area (Å²) in [5, 5.41) is 10.2. The quantitative estimate of drug-likeness (QED) is 0.742. The molecule has 3 N–H and O–H groups in total. The summed E-state index contributed by atoms with van der Waals surface area (Å²) in [6.45, 7) is 7.10. The molecule has 3 nitrogen and oxygen atoms in total. The van der Waals surface area contributed by atoms with Crippen LogP contribution in [0.5, 0.6) is 0 Å². The Hall–Kier alpha value is -0.900. The van der Waals surface area contributed by atoms with Gasteiger partial charge in [0, 0.05) is 13.1 Å². The van der Waals surface area contributed by atoms with Crippen molar-refractivity contribution in [1.29, 1.82) is 0 Å². The minimum atomic E-state index is -0.622. The Morgan fingerprint density at radius 1 is 1.28 bits per heavy atom. The molecule has 0 radical (unpaired) electrons. The molecule has 0 fully saturated rings. The maximum atomic E-state index is 10.2. The first-order valence-corrected chi connectivity index (χ1v) is 6.76. The molecule has 0 aromatic heterocycles. The molecule has 1 unspecified atom stereocenters. The highest BCUT2D eigenvalue weighted by atomic mass is 16.3. The molecule has 0 aliphatic rings. The normalized spacial score (nSPS) is 14.7. The maximum Gasteiger partial charge on any atom is 0.0743 e. The Balaban J connectivity index is 2.60. The average Bonchev–Trinajstić information content (AvgIpc) is 2.37. The van der Waals surface area contributed by atoms with E-state index < -0.39 is 5.60 Å². The zero-order chi connectivity index (χ0) is 13.4. The zero-order valence-corrected chi connectivity index (χ0v) is 11.6. The van der Waals surface area contributed by atoms with Crippen LogP contribution < -0.4 is 5.73 Å². The summed E-state index contributed by atoms with van der Waals surface area (Å²) in [4.78, 5) is 2.28. The van der Waals surface area contributed by atoms with Crippen molar-refractivity contribution >= 4 is 0 Å². The van der Waals surface area contributed by atoms with Crippen molar-refractivity contribution in [3.05, 3.63) is 35.9 Å². The number of nitrogens with zero attached hydrogens (tertiary/aromatic N) is 1. The van der Waals surface area contributed by atoms with Gasteiger partial charge in [-0.3, -0.25) is 4.90 Å². The van der Waals surface area contributed by atoms with E-state index in [1.165, 1.54) is 5.56 Å². The molecule has 0 aliphatic heterocycles. The van der Waals surface area contributed by atoms with E-state index in [9.17, 15) is 5.11 Å².